The highest BCUT2D eigenvalue weighted by atomic mass is 35.5. The van der Waals surface area contributed by atoms with Crippen LogP contribution in [0.2, 0.25) is 10.0 Å². The van der Waals surface area contributed by atoms with Crippen LogP contribution in [-0.4, -0.2) is 23.2 Å². The molecule has 0 bridgehead atoms. The normalized spacial score (nSPS) is 23.2. The minimum absolute atomic E-state index is 0.00861. The van der Waals surface area contributed by atoms with Gasteiger partial charge in [-0.1, -0.05) is 23.2 Å². The molecule has 0 unspecified atom stereocenters. The summed E-state index contributed by atoms with van der Waals surface area (Å²) < 4.78 is 13.3. The highest BCUT2D eigenvalue weighted by Gasteiger charge is 2.22. The fourth-order valence-corrected chi connectivity index (χ4v) is 2.65. The van der Waals surface area contributed by atoms with Crippen LogP contribution >= 0.6 is 23.2 Å². The van der Waals surface area contributed by atoms with Gasteiger partial charge in [0.1, 0.15) is 5.82 Å². The molecule has 0 aromatic heterocycles. The van der Waals surface area contributed by atoms with Crippen molar-refractivity contribution in [3.05, 3.63) is 33.6 Å². The highest BCUT2D eigenvalue weighted by Crippen LogP contribution is 2.25. The number of hydrogen-bond acceptors (Lipinski definition) is 2. The van der Waals surface area contributed by atoms with Crippen LogP contribution in [0, 0.1) is 5.82 Å². The highest BCUT2D eigenvalue weighted by molar-refractivity contribution is 6.36. The molecule has 0 saturated heterocycles. The van der Waals surface area contributed by atoms with E-state index in [1.54, 1.807) is 0 Å². The summed E-state index contributed by atoms with van der Waals surface area (Å²) in [4.78, 5) is 12.0. The third kappa shape index (κ3) is 3.59. The Balaban J connectivity index is 2.06. The maximum atomic E-state index is 13.3. The largest absolute Gasteiger partial charge is 0.393 e. The number of amides is 1. The van der Waals surface area contributed by atoms with Crippen molar-refractivity contribution in [2.45, 2.75) is 37.8 Å². The first kappa shape index (κ1) is 14.6. The van der Waals surface area contributed by atoms with Gasteiger partial charge in [0.05, 0.1) is 21.7 Å². The zero-order valence-electron chi connectivity index (χ0n) is 10.1. The van der Waals surface area contributed by atoms with Crippen molar-refractivity contribution in [3.63, 3.8) is 0 Å². The van der Waals surface area contributed by atoms with Gasteiger partial charge in [-0.25, -0.2) is 4.39 Å². The van der Waals surface area contributed by atoms with Crippen molar-refractivity contribution in [1.29, 1.82) is 0 Å². The molecule has 0 spiro atoms. The average molecular weight is 306 g/mol. The van der Waals surface area contributed by atoms with E-state index >= 15 is 0 Å². The van der Waals surface area contributed by atoms with E-state index in [1.807, 2.05) is 0 Å². The quantitative estimate of drug-likeness (QED) is 0.825. The van der Waals surface area contributed by atoms with E-state index in [-0.39, 0.29) is 27.8 Å². The molecular weight excluding hydrogens is 292 g/mol. The Kier molecular flexibility index (Phi) is 4.66. The molecule has 1 fully saturated rings. The van der Waals surface area contributed by atoms with Gasteiger partial charge in [-0.2, -0.15) is 0 Å². The fourth-order valence-electron chi connectivity index (χ4n) is 2.18. The molecule has 1 aliphatic carbocycles. The molecule has 104 valence electrons. The number of nitrogens with one attached hydrogen (secondary N) is 1. The predicted octanol–water partition coefficient (Wildman–Crippen LogP) is 3.17. The third-order valence-electron chi connectivity index (χ3n) is 3.29. The molecule has 0 atom stereocenters. The minimum atomic E-state index is -0.671. The number of aliphatic hydroxyl groups excluding tert-OH is 1. The molecule has 1 aliphatic rings. The second kappa shape index (κ2) is 6.07. The van der Waals surface area contributed by atoms with E-state index in [0.29, 0.717) is 25.7 Å². The Hall–Kier alpha value is -0.840. The van der Waals surface area contributed by atoms with Crippen LogP contribution in [0.25, 0.3) is 0 Å². The average Bonchev–Trinajstić information content (AvgIpc) is 2.36. The van der Waals surface area contributed by atoms with Crippen molar-refractivity contribution >= 4 is 29.1 Å². The Morgan fingerprint density at radius 1 is 1.21 bits per heavy atom. The smallest absolute Gasteiger partial charge is 0.253 e. The summed E-state index contributed by atoms with van der Waals surface area (Å²) in [5.74, 6) is -1.09. The molecule has 0 heterocycles. The summed E-state index contributed by atoms with van der Waals surface area (Å²) in [6.07, 6.45) is 2.45. The number of benzene rings is 1. The number of carbonyl (C=O) groups is 1. The number of halogens is 3. The SMILES string of the molecule is O=C(NC1CCC(O)CC1)c1cc(F)c(Cl)cc1Cl. The zero-order valence-corrected chi connectivity index (χ0v) is 11.6. The molecule has 1 aromatic rings. The van der Waals surface area contributed by atoms with Gasteiger partial charge in [-0.05, 0) is 37.8 Å². The Morgan fingerprint density at radius 3 is 2.47 bits per heavy atom. The lowest BCUT2D eigenvalue weighted by atomic mass is 9.93. The topological polar surface area (TPSA) is 49.3 Å². The molecule has 19 heavy (non-hydrogen) atoms. The van der Waals surface area contributed by atoms with Crippen molar-refractivity contribution in [2.75, 3.05) is 0 Å². The van der Waals surface area contributed by atoms with Gasteiger partial charge in [-0.15, -0.1) is 0 Å². The van der Waals surface area contributed by atoms with Gasteiger partial charge in [-0.3, -0.25) is 4.79 Å². The first-order valence-electron chi connectivity index (χ1n) is 6.11. The molecular formula is C13H14Cl2FNO2. The maximum Gasteiger partial charge on any atom is 0.253 e. The van der Waals surface area contributed by atoms with Crippen LogP contribution in [0.3, 0.4) is 0 Å². The van der Waals surface area contributed by atoms with E-state index in [1.165, 1.54) is 6.07 Å². The molecule has 1 amide bonds. The van der Waals surface area contributed by atoms with E-state index in [4.69, 9.17) is 23.2 Å². The molecule has 0 aliphatic heterocycles. The number of rotatable bonds is 2. The van der Waals surface area contributed by atoms with Crippen LogP contribution in [0.5, 0.6) is 0 Å². The monoisotopic (exact) mass is 305 g/mol. The number of carbonyl (C=O) groups excluding carboxylic acids is 1. The summed E-state index contributed by atoms with van der Waals surface area (Å²) in [7, 11) is 0. The van der Waals surface area contributed by atoms with Crippen LogP contribution < -0.4 is 5.32 Å². The molecule has 1 aromatic carbocycles. The lowest BCUT2D eigenvalue weighted by molar-refractivity contribution is 0.0867. The number of hydrogen-bond donors (Lipinski definition) is 2. The van der Waals surface area contributed by atoms with Crippen LogP contribution in [0.4, 0.5) is 4.39 Å². The van der Waals surface area contributed by atoms with Crippen molar-refractivity contribution < 1.29 is 14.3 Å². The van der Waals surface area contributed by atoms with Crippen LogP contribution in [0.15, 0.2) is 12.1 Å². The maximum absolute atomic E-state index is 13.3. The van der Waals surface area contributed by atoms with Gasteiger partial charge >= 0.3 is 0 Å². The van der Waals surface area contributed by atoms with E-state index in [9.17, 15) is 14.3 Å². The van der Waals surface area contributed by atoms with E-state index in [0.717, 1.165) is 6.07 Å². The first-order chi connectivity index (χ1) is 8.97. The van der Waals surface area contributed by atoms with Crippen LogP contribution in [-0.2, 0) is 0 Å². The van der Waals surface area contributed by atoms with Crippen LogP contribution in [0.1, 0.15) is 36.0 Å². The second-order valence-electron chi connectivity index (χ2n) is 4.73. The lowest BCUT2D eigenvalue weighted by Crippen LogP contribution is -2.38. The molecule has 6 heteroatoms. The Bertz CT molecular complexity index is 488. The fraction of sp³-hybridized carbons (Fsp3) is 0.462. The number of aliphatic hydroxyl groups is 1. The molecule has 0 radical (unpaired) electrons. The van der Waals surface area contributed by atoms with Crippen molar-refractivity contribution in [1.82, 2.24) is 5.32 Å². The second-order valence-corrected chi connectivity index (χ2v) is 5.54. The zero-order chi connectivity index (χ0) is 14.0. The van der Waals surface area contributed by atoms with Gasteiger partial charge in [0, 0.05) is 6.04 Å². The standard InChI is InChI=1S/C13H14Cl2FNO2/c14-10-6-11(15)12(16)5-9(10)13(19)17-7-1-3-8(18)4-2-7/h5-8,18H,1-4H2,(H,17,19). The Labute approximate surface area is 120 Å². The first-order valence-corrected chi connectivity index (χ1v) is 6.86. The summed E-state index contributed by atoms with van der Waals surface area (Å²) in [6, 6.07) is 2.25. The minimum Gasteiger partial charge on any atom is -0.393 e. The van der Waals surface area contributed by atoms with Crippen molar-refractivity contribution in [2.24, 2.45) is 0 Å². The lowest BCUT2D eigenvalue weighted by Gasteiger charge is -2.26. The molecule has 1 saturated carbocycles. The van der Waals surface area contributed by atoms with Gasteiger partial charge < -0.3 is 10.4 Å². The van der Waals surface area contributed by atoms with Crippen molar-refractivity contribution in [3.8, 4) is 0 Å². The molecule has 2 rings (SSSR count). The third-order valence-corrected chi connectivity index (χ3v) is 3.89. The van der Waals surface area contributed by atoms with Gasteiger partial charge in [0.2, 0.25) is 0 Å². The van der Waals surface area contributed by atoms with E-state index in [2.05, 4.69) is 5.32 Å². The molecule has 3 nitrogen and oxygen atoms in total. The summed E-state index contributed by atoms with van der Waals surface area (Å²) in [5, 5.41) is 12.2. The summed E-state index contributed by atoms with van der Waals surface area (Å²) >= 11 is 11.5. The predicted molar refractivity (Wildman–Crippen MR) is 72.1 cm³/mol. The Morgan fingerprint density at radius 2 is 1.84 bits per heavy atom. The van der Waals surface area contributed by atoms with Gasteiger partial charge in [0.25, 0.3) is 5.91 Å². The van der Waals surface area contributed by atoms with E-state index < -0.39 is 11.7 Å². The summed E-state index contributed by atoms with van der Waals surface area (Å²) in [5.41, 5.74) is 0.0784. The summed E-state index contributed by atoms with van der Waals surface area (Å²) in [6.45, 7) is 0. The van der Waals surface area contributed by atoms with Gasteiger partial charge in [0.15, 0.2) is 0 Å². The molecule has 2 N–H and O–H groups in total.